The zero-order valence-corrected chi connectivity index (χ0v) is 26.9. The molecule has 2 heterocycles. The molecule has 0 radical (unpaired) electrons. The van der Waals surface area contributed by atoms with Crippen LogP contribution in [0.3, 0.4) is 0 Å². The molecular weight excluding hydrogens is 643 g/mol. The summed E-state index contributed by atoms with van der Waals surface area (Å²) in [5.74, 6) is -5.60. The number of H-pyrrole nitrogens is 1. The number of benzene rings is 1. The average Bonchev–Trinajstić information content (AvgIpc) is 3.00. The maximum Gasteiger partial charge on any atom is 0.471 e. The number of rotatable bonds is 11. The largest absolute Gasteiger partial charge is 0.471 e. The molecule has 0 bridgehead atoms. The lowest BCUT2D eigenvalue weighted by Gasteiger charge is -2.24. The molecule has 15 nitrogen and oxygen atoms in total. The van der Waals surface area contributed by atoms with E-state index in [4.69, 9.17) is 9.47 Å². The number of esters is 2. The van der Waals surface area contributed by atoms with Gasteiger partial charge in [-0.15, -0.1) is 0 Å². The minimum Gasteiger partial charge on any atom is -0.467 e. The van der Waals surface area contributed by atoms with Gasteiger partial charge in [-0.1, -0.05) is 13.8 Å². The van der Waals surface area contributed by atoms with Gasteiger partial charge in [-0.3, -0.25) is 39.2 Å². The van der Waals surface area contributed by atoms with Gasteiger partial charge in [-0.25, -0.2) is 14.8 Å². The van der Waals surface area contributed by atoms with Crippen LogP contribution in [0, 0.1) is 5.92 Å². The molecule has 2 aromatic heterocycles. The van der Waals surface area contributed by atoms with E-state index in [1.807, 2.05) is 0 Å². The molecule has 0 saturated heterocycles. The summed E-state index contributed by atoms with van der Waals surface area (Å²) < 4.78 is 50.8. The summed E-state index contributed by atoms with van der Waals surface area (Å²) >= 11 is 0. The van der Waals surface area contributed by atoms with Crippen molar-refractivity contribution in [2.45, 2.75) is 71.8 Å². The number of anilines is 2. The third-order valence-electron chi connectivity index (χ3n) is 6.33. The minimum atomic E-state index is -5.31. The second-order valence-electron chi connectivity index (χ2n) is 11.7. The SMILES string of the molecule is COC(=O)[C@H](CCC(=O)OC(C)(C)C)NC(=O)c1ccc(N(Cc2cnc3nc(NC(=O)C(C)C)[nH]c(=O)c3n2)C(=O)C(F)(F)F)cc1. The number of amides is 3. The average molecular weight is 678 g/mol. The van der Waals surface area contributed by atoms with Crippen LogP contribution < -0.4 is 21.1 Å². The lowest BCUT2D eigenvalue weighted by Crippen LogP contribution is -2.42. The predicted molar refractivity (Wildman–Crippen MR) is 163 cm³/mol. The molecule has 0 unspecified atom stereocenters. The minimum absolute atomic E-state index is 0.0900. The summed E-state index contributed by atoms with van der Waals surface area (Å²) in [7, 11) is 1.09. The first-order chi connectivity index (χ1) is 22.3. The summed E-state index contributed by atoms with van der Waals surface area (Å²) in [4.78, 5) is 88.9. The number of hydrogen-bond donors (Lipinski definition) is 3. The Morgan fingerprint density at radius 1 is 1.02 bits per heavy atom. The quantitative estimate of drug-likeness (QED) is 0.252. The van der Waals surface area contributed by atoms with Gasteiger partial charge in [-0.05, 0) is 51.5 Å². The van der Waals surface area contributed by atoms with Gasteiger partial charge in [0.25, 0.3) is 11.5 Å². The van der Waals surface area contributed by atoms with E-state index in [0.717, 1.165) is 37.6 Å². The normalized spacial score (nSPS) is 12.3. The Labute approximate surface area is 271 Å². The lowest BCUT2D eigenvalue weighted by molar-refractivity contribution is -0.170. The lowest BCUT2D eigenvalue weighted by atomic mass is 10.1. The fourth-order valence-corrected chi connectivity index (χ4v) is 4.03. The number of nitrogens with zero attached hydrogens (tertiary/aromatic N) is 4. The Morgan fingerprint density at radius 3 is 2.23 bits per heavy atom. The summed E-state index contributed by atoms with van der Waals surface area (Å²) in [6, 6.07) is 3.14. The van der Waals surface area contributed by atoms with Crippen LogP contribution in [-0.4, -0.2) is 74.5 Å². The first-order valence-electron chi connectivity index (χ1n) is 14.4. The van der Waals surface area contributed by atoms with Crippen LogP contribution in [0.2, 0.25) is 0 Å². The second-order valence-corrected chi connectivity index (χ2v) is 11.7. The van der Waals surface area contributed by atoms with Gasteiger partial charge in [0.15, 0.2) is 11.2 Å². The van der Waals surface area contributed by atoms with Gasteiger partial charge >= 0.3 is 24.0 Å². The molecular formula is C30H34F3N7O8. The molecule has 0 saturated carbocycles. The van der Waals surface area contributed by atoms with Crippen LogP contribution in [0.5, 0.6) is 0 Å². The number of carbonyl (C=O) groups excluding carboxylic acids is 5. The maximum atomic E-state index is 13.6. The molecule has 0 spiro atoms. The molecule has 0 fully saturated rings. The summed E-state index contributed by atoms with van der Waals surface area (Å²) in [5, 5.41) is 4.82. The summed E-state index contributed by atoms with van der Waals surface area (Å²) in [6.07, 6.45) is -4.67. The van der Waals surface area contributed by atoms with Crippen LogP contribution in [-0.2, 0) is 35.2 Å². The molecule has 0 aliphatic carbocycles. The number of fused-ring (bicyclic) bond motifs is 1. The van der Waals surface area contributed by atoms with Gasteiger partial charge in [0.2, 0.25) is 11.9 Å². The first-order valence-corrected chi connectivity index (χ1v) is 14.4. The monoisotopic (exact) mass is 677 g/mol. The van der Waals surface area contributed by atoms with E-state index in [1.165, 1.54) is 0 Å². The summed E-state index contributed by atoms with van der Waals surface area (Å²) in [6.45, 7) is 7.45. The zero-order chi connectivity index (χ0) is 36.0. The van der Waals surface area contributed by atoms with Crippen molar-refractivity contribution in [3.05, 3.63) is 52.1 Å². The molecule has 3 amide bonds. The third kappa shape index (κ3) is 10.0. The Balaban J connectivity index is 1.84. The van der Waals surface area contributed by atoms with Crippen molar-refractivity contribution < 1.29 is 46.6 Å². The second kappa shape index (κ2) is 15.0. The number of aromatic amines is 1. The van der Waals surface area contributed by atoms with E-state index < -0.39 is 65.5 Å². The van der Waals surface area contributed by atoms with Crippen LogP contribution in [0.4, 0.5) is 24.8 Å². The molecule has 0 aliphatic heterocycles. The van der Waals surface area contributed by atoms with E-state index in [2.05, 4.69) is 30.6 Å². The van der Waals surface area contributed by atoms with Gasteiger partial charge in [0.1, 0.15) is 11.6 Å². The number of ether oxygens (including phenoxy) is 2. The van der Waals surface area contributed by atoms with Crippen molar-refractivity contribution in [3.8, 4) is 0 Å². The Kier molecular flexibility index (Phi) is 11.6. The highest BCUT2D eigenvalue weighted by Gasteiger charge is 2.43. The number of methoxy groups -OCH3 is 1. The van der Waals surface area contributed by atoms with Crippen molar-refractivity contribution in [1.29, 1.82) is 0 Å². The number of nitrogens with one attached hydrogen (secondary N) is 3. The highest BCUT2D eigenvalue weighted by molar-refractivity contribution is 5.99. The number of alkyl halides is 3. The molecule has 48 heavy (non-hydrogen) atoms. The van der Waals surface area contributed by atoms with Gasteiger partial charge in [0, 0.05) is 23.6 Å². The van der Waals surface area contributed by atoms with E-state index in [1.54, 1.807) is 34.6 Å². The number of halogens is 3. The number of carbonyl (C=O) groups is 5. The van der Waals surface area contributed by atoms with E-state index in [0.29, 0.717) is 4.90 Å². The highest BCUT2D eigenvalue weighted by atomic mass is 19.4. The van der Waals surface area contributed by atoms with Crippen molar-refractivity contribution in [2.75, 3.05) is 17.3 Å². The molecule has 3 rings (SSSR count). The molecule has 1 atom stereocenters. The smallest absolute Gasteiger partial charge is 0.467 e. The van der Waals surface area contributed by atoms with Crippen molar-refractivity contribution in [3.63, 3.8) is 0 Å². The standard InChI is InChI=1S/C30H34F3N7O8/c1-15(2)23(42)38-28-37-22-21(25(44)39-28)35-17(13-34-22)14-40(27(46)30(31,32)33)18-9-7-16(8-10-18)24(43)36-19(26(45)47-6)11-12-20(41)48-29(3,4)5/h7-10,13,15,19H,11-12,14H2,1-6H3,(H,36,43)(H2,34,37,38,39,42,44)/t19-/m0/s1. The summed E-state index contributed by atoms with van der Waals surface area (Å²) in [5.41, 5.74) is -2.75. The highest BCUT2D eigenvalue weighted by Crippen LogP contribution is 2.26. The fourth-order valence-electron chi connectivity index (χ4n) is 4.03. The van der Waals surface area contributed by atoms with Crippen LogP contribution in [0.1, 0.15) is 63.5 Å². The van der Waals surface area contributed by atoms with Crippen LogP contribution >= 0.6 is 0 Å². The van der Waals surface area contributed by atoms with Crippen molar-refractivity contribution in [2.24, 2.45) is 5.92 Å². The topological polar surface area (TPSA) is 203 Å². The van der Waals surface area contributed by atoms with Gasteiger partial charge in [0.05, 0.1) is 25.5 Å². The van der Waals surface area contributed by atoms with Gasteiger partial charge < -0.3 is 14.8 Å². The van der Waals surface area contributed by atoms with Gasteiger partial charge in [-0.2, -0.15) is 18.2 Å². The Morgan fingerprint density at radius 2 is 1.67 bits per heavy atom. The van der Waals surface area contributed by atoms with Crippen LogP contribution in [0.25, 0.3) is 11.2 Å². The van der Waals surface area contributed by atoms with E-state index in [9.17, 15) is 41.9 Å². The maximum absolute atomic E-state index is 13.6. The molecule has 18 heteroatoms. The van der Waals surface area contributed by atoms with Crippen molar-refractivity contribution >= 4 is 52.5 Å². The fraction of sp³-hybridized carbons (Fsp3) is 0.433. The number of hydrogen-bond acceptors (Lipinski definition) is 11. The van der Waals surface area contributed by atoms with Crippen molar-refractivity contribution in [1.82, 2.24) is 25.3 Å². The van der Waals surface area contributed by atoms with Crippen LogP contribution in [0.15, 0.2) is 35.3 Å². The molecule has 258 valence electrons. The Bertz CT molecular complexity index is 1750. The zero-order valence-electron chi connectivity index (χ0n) is 26.9. The number of aromatic nitrogens is 4. The van der Waals surface area contributed by atoms with E-state index >= 15 is 0 Å². The molecule has 1 aromatic carbocycles. The third-order valence-corrected chi connectivity index (χ3v) is 6.33. The Hall–Kier alpha value is -5.42. The first kappa shape index (κ1) is 37.0. The molecule has 3 N–H and O–H groups in total. The predicted octanol–water partition coefficient (Wildman–Crippen LogP) is 2.80. The molecule has 3 aromatic rings. The molecule has 0 aliphatic rings. The van der Waals surface area contributed by atoms with E-state index in [-0.39, 0.29) is 46.9 Å².